The zero-order valence-electron chi connectivity index (χ0n) is 23.3. The molecule has 0 saturated heterocycles. The van der Waals surface area contributed by atoms with Gasteiger partial charge < -0.3 is 8.98 Å². The highest BCUT2D eigenvalue weighted by molar-refractivity contribution is 6.35. The molecule has 0 spiro atoms. The van der Waals surface area contributed by atoms with Crippen molar-refractivity contribution in [3.63, 3.8) is 0 Å². The van der Waals surface area contributed by atoms with Crippen molar-refractivity contribution in [3.8, 4) is 0 Å². The van der Waals surface area contributed by atoms with Gasteiger partial charge >= 0.3 is 0 Å². The molecule has 0 aliphatic carbocycles. The van der Waals surface area contributed by atoms with E-state index in [1.54, 1.807) is 0 Å². The number of aromatic nitrogens is 1. The number of aliphatic imine (C=N–C) groups is 1. The van der Waals surface area contributed by atoms with Crippen LogP contribution in [-0.2, 0) is 6.67 Å². The van der Waals surface area contributed by atoms with Crippen molar-refractivity contribution in [2.24, 2.45) is 4.99 Å². The average Bonchev–Trinajstić information content (AvgIpc) is 3.60. The molecular weight excluding hydrogens is 512 g/mol. The zero-order chi connectivity index (χ0) is 28.0. The van der Waals surface area contributed by atoms with E-state index in [1.807, 2.05) is 6.07 Å². The number of nitrogens with zero attached hydrogens (tertiary/aromatic N) is 2. The second-order valence-corrected chi connectivity index (χ2v) is 10.8. The van der Waals surface area contributed by atoms with E-state index >= 15 is 0 Å². The lowest BCUT2D eigenvalue weighted by molar-refractivity contribution is 0.673. The molecule has 3 heteroatoms. The van der Waals surface area contributed by atoms with Crippen LogP contribution in [0.4, 0.5) is 0 Å². The molecule has 0 fully saturated rings. The molecule has 0 aliphatic rings. The van der Waals surface area contributed by atoms with Crippen LogP contribution in [0.25, 0.3) is 60.1 Å². The smallest absolute Gasteiger partial charge is 0.144 e. The van der Waals surface area contributed by atoms with Crippen molar-refractivity contribution >= 4 is 65.8 Å². The van der Waals surface area contributed by atoms with E-state index in [9.17, 15) is 0 Å². The van der Waals surface area contributed by atoms with Crippen LogP contribution in [-0.4, -0.2) is 10.3 Å². The third-order valence-electron chi connectivity index (χ3n) is 8.28. The van der Waals surface area contributed by atoms with Crippen molar-refractivity contribution in [2.75, 3.05) is 0 Å². The lowest BCUT2D eigenvalue weighted by Gasteiger charge is -2.10. The molecule has 2 heterocycles. The largest absolute Gasteiger partial charge is 0.455 e. The van der Waals surface area contributed by atoms with Crippen LogP contribution in [0.15, 0.2) is 149 Å². The molecule has 8 rings (SSSR count). The topological polar surface area (TPSA) is 30.4 Å². The van der Waals surface area contributed by atoms with Gasteiger partial charge in [-0.15, -0.1) is 0 Å². The van der Waals surface area contributed by atoms with Gasteiger partial charge in [-0.2, -0.15) is 0 Å². The molecule has 0 unspecified atom stereocenters. The van der Waals surface area contributed by atoms with Crippen molar-refractivity contribution in [3.05, 3.63) is 151 Å². The number of hydrogen-bond acceptors (Lipinski definition) is 2. The van der Waals surface area contributed by atoms with Gasteiger partial charge in [0.2, 0.25) is 0 Å². The second kappa shape index (κ2) is 9.90. The molecule has 2 aromatic heterocycles. The van der Waals surface area contributed by atoms with Crippen LogP contribution in [0, 0.1) is 0 Å². The Morgan fingerprint density at radius 3 is 1.98 bits per heavy atom. The summed E-state index contributed by atoms with van der Waals surface area (Å²) in [4.78, 5) is 5.32. The minimum Gasteiger partial charge on any atom is -0.455 e. The highest BCUT2D eigenvalue weighted by Gasteiger charge is 2.21. The van der Waals surface area contributed by atoms with Crippen molar-refractivity contribution in [2.45, 2.75) is 13.6 Å². The minimum atomic E-state index is 0.484. The van der Waals surface area contributed by atoms with Crippen molar-refractivity contribution in [1.29, 1.82) is 0 Å². The Balaban J connectivity index is 1.43. The summed E-state index contributed by atoms with van der Waals surface area (Å²) in [5.74, 6) is 0. The summed E-state index contributed by atoms with van der Waals surface area (Å²) in [6, 6.07) is 46.6. The number of para-hydroxylation sites is 2. The van der Waals surface area contributed by atoms with Crippen LogP contribution in [0.3, 0.4) is 0 Å². The predicted octanol–water partition coefficient (Wildman–Crippen LogP) is 10.4. The van der Waals surface area contributed by atoms with Gasteiger partial charge in [-0.3, -0.25) is 4.99 Å². The Kier molecular flexibility index (Phi) is 5.75. The third kappa shape index (κ3) is 3.86. The number of benzene rings is 6. The molecule has 6 aromatic carbocycles. The standard InChI is InChI=1S/C39H28N2O/c1-26(27-14-4-2-5-15-27)24-33(28-16-6-3-7-17-28)40-25-41-34-22-12-10-20-31(34)36-37-32-21-11-13-23-35(32)42-39(37)30-19-9-8-18-29(30)38(36)41/h2-24H,25H2,1H3/b26-24+,40-33+. The van der Waals surface area contributed by atoms with Crippen LogP contribution < -0.4 is 0 Å². The third-order valence-corrected chi connectivity index (χ3v) is 8.28. The van der Waals surface area contributed by atoms with E-state index in [0.717, 1.165) is 38.7 Å². The van der Waals surface area contributed by atoms with Crippen LogP contribution in [0.5, 0.6) is 0 Å². The number of rotatable bonds is 5. The minimum absolute atomic E-state index is 0.484. The molecule has 0 aliphatic heterocycles. The summed E-state index contributed by atoms with van der Waals surface area (Å²) >= 11 is 0. The van der Waals surface area contributed by atoms with E-state index in [-0.39, 0.29) is 0 Å². The van der Waals surface area contributed by atoms with Gasteiger partial charge in [0.05, 0.1) is 16.7 Å². The summed E-state index contributed by atoms with van der Waals surface area (Å²) in [5, 5.41) is 7.02. The Bertz CT molecular complexity index is 2320. The molecule has 8 aromatic rings. The highest BCUT2D eigenvalue weighted by atomic mass is 16.3. The van der Waals surface area contributed by atoms with Crippen LogP contribution in [0.1, 0.15) is 18.1 Å². The molecular formula is C39H28N2O. The van der Waals surface area contributed by atoms with Gasteiger partial charge in [-0.05, 0) is 41.8 Å². The molecule has 3 nitrogen and oxygen atoms in total. The number of allylic oxidation sites excluding steroid dienone is 2. The van der Waals surface area contributed by atoms with Gasteiger partial charge in [0.1, 0.15) is 17.8 Å². The Morgan fingerprint density at radius 1 is 0.619 bits per heavy atom. The zero-order valence-corrected chi connectivity index (χ0v) is 23.3. The summed E-state index contributed by atoms with van der Waals surface area (Å²) in [5.41, 5.74) is 8.63. The van der Waals surface area contributed by atoms with Gasteiger partial charge in [-0.25, -0.2) is 0 Å². The maximum atomic E-state index is 6.53. The van der Waals surface area contributed by atoms with E-state index in [1.165, 1.54) is 38.2 Å². The predicted molar refractivity (Wildman–Crippen MR) is 177 cm³/mol. The summed E-state index contributed by atoms with van der Waals surface area (Å²) in [6.07, 6.45) is 2.21. The lowest BCUT2D eigenvalue weighted by Crippen LogP contribution is -2.03. The summed E-state index contributed by atoms with van der Waals surface area (Å²) < 4.78 is 8.91. The monoisotopic (exact) mass is 540 g/mol. The second-order valence-electron chi connectivity index (χ2n) is 10.8. The van der Waals surface area contributed by atoms with Crippen LogP contribution >= 0.6 is 0 Å². The SMILES string of the molecule is C/C(=C\C(=N/Cn1c2ccccc2c2c3c4ccccc4oc3c3ccccc3c21)c1ccccc1)c1ccccc1. The van der Waals surface area contributed by atoms with E-state index in [0.29, 0.717) is 6.67 Å². The molecule has 0 N–H and O–H groups in total. The van der Waals surface area contributed by atoms with E-state index in [4.69, 9.17) is 9.41 Å². The Morgan fingerprint density at radius 2 is 1.21 bits per heavy atom. The first-order valence-corrected chi connectivity index (χ1v) is 14.3. The fourth-order valence-corrected chi connectivity index (χ4v) is 6.32. The van der Waals surface area contributed by atoms with Gasteiger partial charge in [0.15, 0.2) is 0 Å². The van der Waals surface area contributed by atoms with Gasteiger partial charge in [-0.1, -0.05) is 121 Å². The lowest BCUT2D eigenvalue weighted by atomic mass is 9.99. The first-order chi connectivity index (χ1) is 20.8. The molecule has 0 atom stereocenters. The highest BCUT2D eigenvalue weighted by Crippen LogP contribution is 2.44. The molecule has 42 heavy (non-hydrogen) atoms. The van der Waals surface area contributed by atoms with E-state index in [2.05, 4.69) is 145 Å². The quantitative estimate of drug-likeness (QED) is 0.200. The maximum absolute atomic E-state index is 6.53. The number of hydrogen-bond donors (Lipinski definition) is 0. The molecule has 0 radical (unpaired) electrons. The fraction of sp³-hybridized carbons (Fsp3) is 0.0513. The number of fused-ring (bicyclic) bond motifs is 10. The molecule has 0 amide bonds. The first kappa shape index (κ1) is 24.4. The molecule has 0 saturated carbocycles. The van der Waals surface area contributed by atoms with Crippen molar-refractivity contribution < 1.29 is 4.42 Å². The molecule has 0 bridgehead atoms. The first-order valence-electron chi connectivity index (χ1n) is 14.3. The fourth-order valence-electron chi connectivity index (χ4n) is 6.32. The number of furan rings is 1. The summed E-state index contributed by atoms with van der Waals surface area (Å²) in [6.45, 7) is 2.64. The molecule has 200 valence electrons. The Hall–Kier alpha value is -5.41. The maximum Gasteiger partial charge on any atom is 0.144 e. The summed E-state index contributed by atoms with van der Waals surface area (Å²) in [7, 11) is 0. The van der Waals surface area contributed by atoms with Crippen molar-refractivity contribution in [1.82, 2.24) is 4.57 Å². The average molecular weight is 541 g/mol. The normalized spacial score (nSPS) is 12.8. The Labute approximate surface area is 243 Å². The van der Waals surface area contributed by atoms with Gasteiger partial charge in [0.25, 0.3) is 0 Å². The van der Waals surface area contributed by atoms with Gasteiger partial charge in [0, 0.05) is 32.3 Å². The van der Waals surface area contributed by atoms with Crippen LogP contribution in [0.2, 0.25) is 0 Å². The van der Waals surface area contributed by atoms with E-state index < -0.39 is 0 Å².